The molecule has 1 saturated heterocycles. The summed E-state index contributed by atoms with van der Waals surface area (Å²) in [5.41, 5.74) is -0.608. The zero-order valence-electron chi connectivity index (χ0n) is 10.8. The second-order valence-electron chi connectivity index (χ2n) is 5.43. The van der Waals surface area contributed by atoms with E-state index in [4.69, 9.17) is 4.74 Å². The van der Waals surface area contributed by atoms with Gasteiger partial charge in [0.1, 0.15) is 6.23 Å². The van der Waals surface area contributed by atoms with E-state index in [1.54, 1.807) is 6.92 Å². The summed E-state index contributed by atoms with van der Waals surface area (Å²) in [4.78, 5) is 25.3. The highest BCUT2D eigenvalue weighted by molar-refractivity contribution is 5.02. The molecule has 6 heteroatoms. The van der Waals surface area contributed by atoms with Crippen molar-refractivity contribution in [3.63, 3.8) is 0 Å². The first-order valence-corrected chi connectivity index (χ1v) is 5.93. The van der Waals surface area contributed by atoms with E-state index in [2.05, 4.69) is 4.98 Å². The molecule has 100 valence electrons. The van der Waals surface area contributed by atoms with Crippen molar-refractivity contribution >= 4 is 0 Å². The van der Waals surface area contributed by atoms with Gasteiger partial charge in [-0.2, -0.15) is 0 Å². The van der Waals surface area contributed by atoms with E-state index in [9.17, 15) is 14.7 Å². The largest absolute Gasteiger partial charge is 0.394 e. The monoisotopic (exact) mass is 254 g/mol. The van der Waals surface area contributed by atoms with E-state index in [-0.39, 0.29) is 23.7 Å². The molecule has 2 atom stereocenters. The number of aromatic nitrogens is 2. The minimum atomic E-state index is -0.481. The molecule has 1 aromatic rings. The number of hydrogen-bond acceptors (Lipinski definition) is 4. The Kier molecular flexibility index (Phi) is 3.16. The van der Waals surface area contributed by atoms with Crippen LogP contribution in [0.1, 0.15) is 32.1 Å². The summed E-state index contributed by atoms with van der Waals surface area (Å²) >= 11 is 0. The van der Waals surface area contributed by atoms with E-state index in [0.717, 1.165) is 0 Å². The Morgan fingerprint density at radius 2 is 2.22 bits per heavy atom. The number of aliphatic hydroxyl groups excluding tert-OH is 1. The minimum absolute atomic E-state index is 0.0828. The Hall–Kier alpha value is -1.40. The fourth-order valence-electron chi connectivity index (χ4n) is 2.26. The molecular formula is C12H18N2O4. The van der Waals surface area contributed by atoms with Crippen LogP contribution in [-0.2, 0) is 4.74 Å². The van der Waals surface area contributed by atoms with Crippen molar-refractivity contribution in [2.24, 2.45) is 5.41 Å². The maximum absolute atomic E-state index is 11.8. The zero-order chi connectivity index (χ0) is 13.5. The number of hydrogen-bond donors (Lipinski definition) is 2. The first-order chi connectivity index (χ1) is 8.35. The molecule has 1 aliphatic rings. The highest BCUT2D eigenvalue weighted by Crippen LogP contribution is 2.41. The van der Waals surface area contributed by atoms with Crippen LogP contribution in [0.4, 0.5) is 0 Å². The van der Waals surface area contributed by atoms with Crippen LogP contribution in [0.25, 0.3) is 0 Å². The Labute approximate surface area is 104 Å². The second-order valence-corrected chi connectivity index (χ2v) is 5.43. The molecule has 2 heterocycles. The van der Waals surface area contributed by atoms with Crippen molar-refractivity contribution in [1.82, 2.24) is 9.55 Å². The predicted octanol–water partition coefficient (Wildman–Crippen LogP) is 0.151. The summed E-state index contributed by atoms with van der Waals surface area (Å²) in [5.74, 6) is 0. The zero-order valence-corrected chi connectivity index (χ0v) is 10.8. The van der Waals surface area contributed by atoms with Gasteiger partial charge < -0.3 is 9.84 Å². The minimum Gasteiger partial charge on any atom is -0.394 e. The number of ether oxygens (including phenoxy) is 1. The number of rotatable bonds is 2. The van der Waals surface area contributed by atoms with Gasteiger partial charge in [-0.1, -0.05) is 13.8 Å². The molecule has 0 aromatic carbocycles. The fraction of sp³-hybridized carbons (Fsp3) is 0.667. The second kappa shape index (κ2) is 4.37. The van der Waals surface area contributed by atoms with Gasteiger partial charge in [0.05, 0.1) is 12.7 Å². The van der Waals surface area contributed by atoms with Crippen LogP contribution in [0.5, 0.6) is 0 Å². The number of nitrogens with one attached hydrogen (secondary N) is 1. The average Bonchev–Trinajstić information content (AvgIpc) is 2.58. The molecule has 0 radical (unpaired) electrons. The Bertz CT molecular complexity index is 558. The van der Waals surface area contributed by atoms with Crippen molar-refractivity contribution in [3.8, 4) is 0 Å². The van der Waals surface area contributed by atoms with Gasteiger partial charge in [-0.05, 0) is 12.3 Å². The highest BCUT2D eigenvalue weighted by atomic mass is 16.5. The van der Waals surface area contributed by atoms with Gasteiger partial charge in [-0.3, -0.25) is 14.3 Å². The van der Waals surface area contributed by atoms with Gasteiger partial charge in [0.15, 0.2) is 0 Å². The van der Waals surface area contributed by atoms with Crippen molar-refractivity contribution in [3.05, 3.63) is 32.6 Å². The first-order valence-electron chi connectivity index (χ1n) is 5.93. The molecule has 2 N–H and O–H groups in total. The molecular weight excluding hydrogens is 236 g/mol. The fourth-order valence-corrected chi connectivity index (χ4v) is 2.26. The van der Waals surface area contributed by atoms with Gasteiger partial charge in [0.2, 0.25) is 0 Å². The summed E-state index contributed by atoms with van der Waals surface area (Å²) in [7, 11) is 0. The van der Waals surface area contributed by atoms with E-state index < -0.39 is 11.9 Å². The lowest BCUT2D eigenvalue weighted by molar-refractivity contribution is -0.0428. The summed E-state index contributed by atoms with van der Waals surface area (Å²) in [6, 6.07) is 0. The van der Waals surface area contributed by atoms with Crippen LogP contribution in [0.15, 0.2) is 15.8 Å². The van der Waals surface area contributed by atoms with Gasteiger partial charge in [0.25, 0.3) is 5.56 Å². The van der Waals surface area contributed by atoms with Crippen LogP contribution >= 0.6 is 0 Å². The lowest BCUT2D eigenvalue weighted by Gasteiger charge is -2.22. The third kappa shape index (κ3) is 2.13. The SMILES string of the molecule is Cc1cn(C2CC(C)(C)[C@@H](CO)O2)c(=O)[nH]c1=O. The maximum Gasteiger partial charge on any atom is 0.330 e. The quantitative estimate of drug-likeness (QED) is 0.787. The summed E-state index contributed by atoms with van der Waals surface area (Å²) in [5, 5.41) is 9.26. The average molecular weight is 254 g/mol. The van der Waals surface area contributed by atoms with E-state index in [1.165, 1.54) is 10.8 Å². The van der Waals surface area contributed by atoms with E-state index in [0.29, 0.717) is 12.0 Å². The Balaban J connectivity index is 2.38. The number of aryl methyl sites for hydroxylation is 1. The maximum atomic E-state index is 11.8. The molecule has 0 saturated carbocycles. The third-order valence-electron chi connectivity index (χ3n) is 3.52. The normalized spacial score (nSPS) is 26.4. The van der Waals surface area contributed by atoms with Crippen molar-refractivity contribution in [1.29, 1.82) is 0 Å². The van der Waals surface area contributed by atoms with Crippen molar-refractivity contribution in [2.45, 2.75) is 39.5 Å². The smallest absolute Gasteiger partial charge is 0.330 e. The highest BCUT2D eigenvalue weighted by Gasteiger charge is 2.42. The molecule has 18 heavy (non-hydrogen) atoms. The van der Waals surface area contributed by atoms with Crippen LogP contribution in [0.2, 0.25) is 0 Å². The molecule has 0 spiro atoms. The lowest BCUT2D eigenvalue weighted by Crippen LogP contribution is -2.33. The molecule has 0 amide bonds. The molecule has 0 bridgehead atoms. The predicted molar refractivity (Wildman–Crippen MR) is 65.5 cm³/mol. The molecule has 1 unspecified atom stereocenters. The molecule has 0 aliphatic carbocycles. The molecule has 1 fully saturated rings. The Morgan fingerprint density at radius 3 is 2.78 bits per heavy atom. The number of H-pyrrole nitrogens is 1. The molecule has 6 nitrogen and oxygen atoms in total. The summed E-state index contributed by atoms with van der Waals surface area (Å²) in [6.07, 6.45) is 1.37. The van der Waals surface area contributed by atoms with Crippen molar-refractivity contribution in [2.75, 3.05) is 6.61 Å². The van der Waals surface area contributed by atoms with Crippen molar-refractivity contribution < 1.29 is 9.84 Å². The third-order valence-corrected chi connectivity index (χ3v) is 3.52. The van der Waals surface area contributed by atoms with Gasteiger partial charge in [-0.15, -0.1) is 0 Å². The van der Waals surface area contributed by atoms with Crippen LogP contribution in [-0.4, -0.2) is 27.4 Å². The van der Waals surface area contributed by atoms with Gasteiger partial charge >= 0.3 is 5.69 Å². The number of aliphatic hydroxyl groups is 1. The molecule has 1 aromatic heterocycles. The van der Waals surface area contributed by atoms with Gasteiger partial charge in [0, 0.05) is 18.2 Å². The van der Waals surface area contributed by atoms with E-state index >= 15 is 0 Å². The summed E-state index contributed by atoms with van der Waals surface area (Å²) in [6.45, 7) is 5.52. The summed E-state index contributed by atoms with van der Waals surface area (Å²) < 4.78 is 7.06. The Morgan fingerprint density at radius 1 is 1.56 bits per heavy atom. The standard InChI is InChI=1S/C12H18N2O4/c1-7-5-14(11(17)13-10(7)16)9-4-12(2,3)8(6-15)18-9/h5,8-9,15H,4,6H2,1-3H3,(H,13,16,17)/t8-,9?/m1/s1. The van der Waals surface area contributed by atoms with Crippen LogP contribution in [0.3, 0.4) is 0 Å². The number of aromatic amines is 1. The first kappa shape index (κ1) is 13.0. The van der Waals surface area contributed by atoms with E-state index in [1.807, 2.05) is 13.8 Å². The van der Waals surface area contributed by atoms with Crippen LogP contribution < -0.4 is 11.2 Å². The topological polar surface area (TPSA) is 84.3 Å². The van der Waals surface area contributed by atoms with Gasteiger partial charge in [-0.25, -0.2) is 4.79 Å². The lowest BCUT2D eigenvalue weighted by atomic mass is 9.85. The number of nitrogens with zero attached hydrogens (tertiary/aromatic N) is 1. The molecule has 2 rings (SSSR count). The van der Waals surface area contributed by atoms with Crippen LogP contribution in [0, 0.1) is 12.3 Å². The molecule has 1 aliphatic heterocycles.